The summed E-state index contributed by atoms with van der Waals surface area (Å²) in [5, 5.41) is 31.4. The van der Waals surface area contributed by atoms with E-state index in [0.29, 0.717) is 0 Å². The SMILES string of the molecule is CCCCCCCCCC(CCCCCCCCC)(c1ccc(O)cc1)N(C(C)O)C(C)O. The van der Waals surface area contributed by atoms with Crippen LogP contribution in [0, 0.1) is 0 Å². The molecular weight excluding hydrogens is 410 g/mol. The molecule has 0 heterocycles. The number of aliphatic hydroxyl groups is 2. The van der Waals surface area contributed by atoms with Crippen LogP contribution in [0.4, 0.5) is 0 Å². The van der Waals surface area contributed by atoms with Crippen molar-refractivity contribution in [2.45, 2.75) is 148 Å². The lowest BCUT2D eigenvalue weighted by Gasteiger charge is -2.48. The van der Waals surface area contributed by atoms with E-state index in [1.165, 1.54) is 77.0 Å². The zero-order chi connectivity index (χ0) is 24.5. The van der Waals surface area contributed by atoms with Crippen LogP contribution in [0.2, 0.25) is 0 Å². The highest BCUT2D eigenvalue weighted by atomic mass is 16.3. The molecule has 0 spiro atoms. The number of unbranched alkanes of at least 4 members (excludes halogenated alkanes) is 12. The second kappa shape index (κ2) is 17.4. The van der Waals surface area contributed by atoms with Gasteiger partial charge in [0.15, 0.2) is 0 Å². The molecule has 0 fully saturated rings. The van der Waals surface area contributed by atoms with Crippen molar-refractivity contribution in [1.29, 1.82) is 0 Å². The highest BCUT2D eigenvalue weighted by Crippen LogP contribution is 2.42. The lowest BCUT2D eigenvalue weighted by atomic mass is 9.78. The molecule has 0 saturated carbocycles. The molecular formula is C29H53NO3. The van der Waals surface area contributed by atoms with E-state index >= 15 is 0 Å². The Balaban J connectivity index is 3.01. The van der Waals surface area contributed by atoms with E-state index in [1.54, 1.807) is 26.0 Å². The molecule has 1 aromatic rings. The van der Waals surface area contributed by atoms with Crippen molar-refractivity contribution in [3.05, 3.63) is 29.8 Å². The number of aromatic hydroxyl groups is 1. The molecule has 1 rings (SSSR count). The van der Waals surface area contributed by atoms with Gasteiger partial charge in [0.05, 0.1) is 5.54 Å². The highest BCUT2D eigenvalue weighted by molar-refractivity contribution is 5.31. The first-order valence-corrected chi connectivity index (χ1v) is 13.8. The van der Waals surface area contributed by atoms with Crippen molar-refractivity contribution in [2.75, 3.05) is 0 Å². The quantitative estimate of drug-likeness (QED) is 0.136. The standard InChI is InChI=1S/C29H53NO3/c1-5-7-9-11-13-15-17-23-29(30(25(3)31)26(4)32,27-19-21-28(33)22-20-27)24-18-16-14-12-10-8-6-2/h19-22,25-26,31-33H,5-18,23-24H2,1-4H3. The van der Waals surface area contributed by atoms with Crippen molar-refractivity contribution >= 4 is 0 Å². The minimum atomic E-state index is -0.757. The molecule has 0 aliphatic rings. The molecule has 0 aromatic heterocycles. The van der Waals surface area contributed by atoms with Gasteiger partial charge in [0, 0.05) is 0 Å². The fourth-order valence-electron chi connectivity index (χ4n) is 5.37. The zero-order valence-corrected chi connectivity index (χ0v) is 22.1. The van der Waals surface area contributed by atoms with Crippen LogP contribution in [0.3, 0.4) is 0 Å². The van der Waals surface area contributed by atoms with E-state index in [2.05, 4.69) is 13.8 Å². The summed E-state index contributed by atoms with van der Waals surface area (Å²) in [5.74, 6) is 0.250. The molecule has 3 N–H and O–H groups in total. The summed E-state index contributed by atoms with van der Waals surface area (Å²) >= 11 is 0. The minimum Gasteiger partial charge on any atom is -0.508 e. The fourth-order valence-corrected chi connectivity index (χ4v) is 5.37. The molecule has 0 aliphatic carbocycles. The summed E-state index contributed by atoms with van der Waals surface area (Å²) in [6, 6.07) is 7.44. The Kier molecular flexibility index (Phi) is 15.7. The van der Waals surface area contributed by atoms with Gasteiger partial charge in [-0.15, -0.1) is 0 Å². The van der Waals surface area contributed by atoms with Crippen molar-refractivity contribution in [1.82, 2.24) is 4.90 Å². The largest absolute Gasteiger partial charge is 0.508 e. The van der Waals surface area contributed by atoms with Gasteiger partial charge in [0.1, 0.15) is 18.2 Å². The second-order valence-corrected chi connectivity index (χ2v) is 9.99. The number of phenolic OH excluding ortho intramolecular Hbond substituents is 1. The Bertz CT molecular complexity index is 559. The molecule has 4 nitrogen and oxygen atoms in total. The van der Waals surface area contributed by atoms with Gasteiger partial charge < -0.3 is 15.3 Å². The number of nitrogens with zero attached hydrogens (tertiary/aromatic N) is 1. The van der Waals surface area contributed by atoms with E-state index < -0.39 is 18.0 Å². The smallest absolute Gasteiger partial charge is 0.115 e. The highest BCUT2D eigenvalue weighted by Gasteiger charge is 2.41. The predicted molar refractivity (Wildman–Crippen MR) is 140 cm³/mol. The maximum atomic E-state index is 10.8. The summed E-state index contributed by atoms with van der Waals surface area (Å²) in [7, 11) is 0. The van der Waals surface area contributed by atoms with Gasteiger partial charge in [-0.1, -0.05) is 116 Å². The molecule has 33 heavy (non-hydrogen) atoms. The van der Waals surface area contributed by atoms with Crippen molar-refractivity contribution in [3.63, 3.8) is 0 Å². The van der Waals surface area contributed by atoms with Gasteiger partial charge >= 0.3 is 0 Å². The molecule has 2 unspecified atom stereocenters. The van der Waals surface area contributed by atoms with Crippen LogP contribution in [0.25, 0.3) is 0 Å². The van der Waals surface area contributed by atoms with Gasteiger partial charge in [-0.05, 0) is 44.4 Å². The van der Waals surface area contributed by atoms with E-state index in [4.69, 9.17) is 0 Å². The summed E-state index contributed by atoms with van der Waals surface area (Å²) in [6.07, 6.45) is 17.6. The summed E-state index contributed by atoms with van der Waals surface area (Å²) < 4.78 is 0. The first kappa shape index (κ1) is 29.9. The fraction of sp³-hybridized carbons (Fsp3) is 0.793. The Morgan fingerprint density at radius 2 is 1.00 bits per heavy atom. The van der Waals surface area contributed by atoms with E-state index in [0.717, 1.165) is 31.2 Å². The van der Waals surface area contributed by atoms with Crippen LogP contribution in [0.15, 0.2) is 24.3 Å². The molecule has 0 radical (unpaired) electrons. The van der Waals surface area contributed by atoms with Crippen molar-refractivity contribution < 1.29 is 15.3 Å². The number of hydrogen-bond donors (Lipinski definition) is 3. The number of phenols is 1. The lowest BCUT2D eigenvalue weighted by Crippen LogP contribution is -2.55. The first-order chi connectivity index (χ1) is 15.9. The number of rotatable bonds is 20. The summed E-state index contributed by atoms with van der Waals surface area (Å²) in [6.45, 7) is 8.02. The third-order valence-electron chi connectivity index (χ3n) is 7.09. The van der Waals surface area contributed by atoms with Crippen LogP contribution in [-0.2, 0) is 5.54 Å². The van der Waals surface area contributed by atoms with Crippen LogP contribution in [-0.4, -0.2) is 32.7 Å². The second-order valence-electron chi connectivity index (χ2n) is 9.99. The molecule has 192 valence electrons. The van der Waals surface area contributed by atoms with Gasteiger partial charge in [-0.3, -0.25) is 0 Å². The maximum Gasteiger partial charge on any atom is 0.115 e. The molecule has 1 aromatic carbocycles. The minimum absolute atomic E-state index is 0.250. The van der Waals surface area contributed by atoms with Crippen molar-refractivity contribution in [2.24, 2.45) is 0 Å². The first-order valence-electron chi connectivity index (χ1n) is 13.8. The molecule has 0 saturated heterocycles. The van der Waals surface area contributed by atoms with Crippen LogP contribution in [0.5, 0.6) is 5.75 Å². The molecule has 2 atom stereocenters. The Labute approximate surface area is 204 Å². The van der Waals surface area contributed by atoms with E-state index in [1.807, 2.05) is 17.0 Å². The third-order valence-corrected chi connectivity index (χ3v) is 7.09. The van der Waals surface area contributed by atoms with E-state index in [-0.39, 0.29) is 5.75 Å². The monoisotopic (exact) mass is 463 g/mol. The molecule has 0 amide bonds. The summed E-state index contributed by atoms with van der Waals surface area (Å²) in [5.41, 5.74) is 0.641. The Morgan fingerprint density at radius 3 is 1.36 bits per heavy atom. The Hall–Kier alpha value is -1.10. The zero-order valence-electron chi connectivity index (χ0n) is 22.1. The van der Waals surface area contributed by atoms with Crippen molar-refractivity contribution in [3.8, 4) is 5.75 Å². The maximum absolute atomic E-state index is 10.8. The Morgan fingerprint density at radius 1 is 0.636 bits per heavy atom. The van der Waals surface area contributed by atoms with Crippen LogP contribution < -0.4 is 0 Å². The topological polar surface area (TPSA) is 63.9 Å². The summed E-state index contributed by atoms with van der Waals surface area (Å²) in [4.78, 5) is 1.90. The predicted octanol–water partition coefficient (Wildman–Crippen LogP) is 7.85. The average Bonchev–Trinajstić information content (AvgIpc) is 2.77. The number of aliphatic hydroxyl groups excluding tert-OH is 2. The van der Waals surface area contributed by atoms with Gasteiger partial charge in [-0.2, -0.15) is 0 Å². The molecule has 0 bridgehead atoms. The van der Waals surface area contributed by atoms with Gasteiger partial charge in [0.2, 0.25) is 0 Å². The van der Waals surface area contributed by atoms with E-state index in [9.17, 15) is 15.3 Å². The molecule has 4 heteroatoms. The molecule has 0 aliphatic heterocycles. The van der Waals surface area contributed by atoms with Crippen LogP contribution >= 0.6 is 0 Å². The van der Waals surface area contributed by atoms with Gasteiger partial charge in [0.25, 0.3) is 0 Å². The van der Waals surface area contributed by atoms with Crippen LogP contribution in [0.1, 0.15) is 136 Å². The number of hydrogen-bond acceptors (Lipinski definition) is 4. The normalized spacial score (nSPS) is 14.0. The lowest BCUT2D eigenvalue weighted by molar-refractivity contribution is -0.156. The third kappa shape index (κ3) is 10.8. The average molecular weight is 464 g/mol. The number of benzene rings is 1. The van der Waals surface area contributed by atoms with Gasteiger partial charge in [-0.25, -0.2) is 4.90 Å².